The maximum absolute atomic E-state index is 12.5. The molecule has 0 aliphatic carbocycles. The molecule has 0 saturated carbocycles. The predicted octanol–water partition coefficient (Wildman–Crippen LogP) is 3.93. The molecule has 1 N–H and O–H groups in total. The molecule has 0 saturated heterocycles. The maximum Gasteiger partial charge on any atom is 0.326 e. The normalized spacial score (nSPS) is 12.0. The number of hydrogen-bond acceptors (Lipinski definition) is 5. The number of hydrogen-bond donors (Lipinski definition) is 1. The van der Waals surface area contributed by atoms with E-state index in [2.05, 4.69) is 26.1 Å². The molecule has 2 rings (SSSR count). The number of carbonyl (C=O) groups is 3. The number of rotatable bonds is 8. The number of ketones is 1. The summed E-state index contributed by atoms with van der Waals surface area (Å²) in [4.78, 5) is 37.0. The smallest absolute Gasteiger partial charge is 0.326 e. The Kier molecular flexibility index (Phi) is 7.75. The first-order chi connectivity index (χ1) is 14.1. The van der Waals surface area contributed by atoms with Gasteiger partial charge >= 0.3 is 5.97 Å². The van der Waals surface area contributed by atoms with Crippen molar-refractivity contribution in [2.24, 2.45) is 0 Å². The number of nitrogens with one attached hydrogen (secondary N) is 1. The van der Waals surface area contributed by atoms with Crippen LogP contribution in [-0.2, 0) is 14.9 Å². The minimum absolute atomic E-state index is 0.0152. The Morgan fingerprint density at radius 2 is 1.63 bits per heavy atom. The van der Waals surface area contributed by atoms with E-state index in [9.17, 15) is 14.4 Å². The van der Waals surface area contributed by atoms with Crippen LogP contribution in [0, 0.1) is 0 Å². The fraction of sp³-hybridized carbons (Fsp3) is 0.375. The van der Waals surface area contributed by atoms with E-state index in [0.29, 0.717) is 23.5 Å². The van der Waals surface area contributed by atoms with Crippen LogP contribution < -0.4 is 10.1 Å². The summed E-state index contributed by atoms with van der Waals surface area (Å²) in [6.45, 7) is 9.69. The molecule has 1 atom stereocenters. The summed E-state index contributed by atoms with van der Waals surface area (Å²) in [6.07, 6.45) is -0.953. The first kappa shape index (κ1) is 23.1. The average molecular weight is 411 g/mol. The van der Waals surface area contributed by atoms with Gasteiger partial charge < -0.3 is 14.8 Å². The third-order valence-corrected chi connectivity index (χ3v) is 4.54. The summed E-state index contributed by atoms with van der Waals surface area (Å²) < 4.78 is 10.6. The maximum atomic E-state index is 12.5. The van der Waals surface area contributed by atoms with Gasteiger partial charge in [0, 0.05) is 5.56 Å². The Morgan fingerprint density at radius 3 is 2.23 bits per heavy atom. The molecule has 1 amide bonds. The molecule has 0 heterocycles. The molecule has 6 nitrogen and oxygen atoms in total. The monoisotopic (exact) mass is 411 g/mol. The second kappa shape index (κ2) is 10.1. The van der Waals surface area contributed by atoms with Gasteiger partial charge in [-0.05, 0) is 37.0 Å². The van der Waals surface area contributed by atoms with Crippen LogP contribution in [-0.4, -0.2) is 36.9 Å². The van der Waals surface area contributed by atoms with Crippen molar-refractivity contribution in [1.29, 1.82) is 0 Å². The van der Waals surface area contributed by atoms with Gasteiger partial charge in [0.15, 0.2) is 6.10 Å². The van der Waals surface area contributed by atoms with E-state index < -0.39 is 18.0 Å². The summed E-state index contributed by atoms with van der Waals surface area (Å²) in [5, 5.41) is 2.50. The molecule has 0 radical (unpaired) electrons. The summed E-state index contributed by atoms with van der Waals surface area (Å²) in [7, 11) is 0. The van der Waals surface area contributed by atoms with Gasteiger partial charge in [-0.25, -0.2) is 0 Å². The second-order valence-corrected chi connectivity index (χ2v) is 7.94. The highest BCUT2D eigenvalue weighted by atomic mass is 16.5. The van der Waals surface area contributed by atoms with Crippen molar-refractivity contribution < 1.29 is 23.9 Å². The SMILES string of the molecule is CCOc1ccccc1C(=O)NCC(=O)OC(C)C(=O)c1ccc(C(C)(C)C)cc1. The van der Waals surface area contributed by atoms with Crippen LogP contribution in [0.1, 0.15) is 60.9 Å². The fourth-order valence-corrected chi connectivity index (χ4v) is 2.84. The molecule has 30 heavy (non-hydrogen) atoms. The van der Waals surface area contributed by atoms with Gasteiger partial charge in [0.2, 0.25) is 5.78 Å². The first-order valence-corrected chi connectivity index (χ1v) is 9.97. The van der Waals surface area contributed by atoms with Gasteiger partial charge in [0.05, 0.1) is 12.2 Å². The highest BCUT2D eigenvalue weighted by molar-refractivity contribution is 6.01. The highest BCUT2D eigenvalue weighted by Gasteiger charge is 2.21. The lowest BCUT2D eigenvalue weighted by Crippen LogP contribution is -2.34. The van der Waals surface area contributed by atoms with Gasteiger partial charge in [0.1, 0.15) is 12.3 Å². The Hall–Kier alpha value is -3.15. The Bertz CT molecular complexity index is 897. The molecule has 160 valence electrons. The fourth-order valence-electron chi connectivity index (χ4n) is 2.84. The molecule has 0 aliphatic heterocycles. The Morgan fingerprint density at radius 1 is 1.00 bits per heavy atom. The topological polar surface area (TPSA) is 81.7 Å². The van der Waals surface area contributed by atoms with Crippen LogP contribution in [0.3, 0.4) is 0 Å². The number of amides is 1. The van der Waals surface area contributed by atoms with E-state index in [1.54, 1.807) is 36.4 Å². The zero-order valence-corrected chi connectivity index (χ0v) is 18.2. The summed E-state index contributed by atoms with van der Waals surface area (Å²) >= 11 is 0. The van der Waals surface area contributed by atoms with E-state index >= 15 is 0 Å². The van der Waals surface area contributed by atoms with Crippen LogP contribution in [0.2, 0.25) is 0 Å². The van der Waals surface area contributed by atoms with Gasteiger partial charge in [0.25, 0.3) is 5.91 Å². The molecule has 6 heteroatoms. The first-order valence-electron chi connectivity index (χ1n) is 9.97. The Labute approximate surface area is 177 Å². The van der Waals surface area contributed by atoms with Gasteiger partial charge in [-0.1, -0.05) is 57.2 Å². The van der Waals surface area contributed by atoms with Crippen LogP contribution >= 0.6 is 0 Å². The lowest BCUT2D eigenvalue weighted by molar-refractivity contribution is -0.145. The lowest BCUT2D eigenvalue weighted by atomic mass is 9.86. The lowest BCUT2D eigenvalue weighted by Gasteiger charge is -2.19. The van der Waals surface area contributed by atoms with E-state index in [0.717, 1.165) is 5.56 Å². The van der Waals surface area contributed by atoms with Crippen LogP contribution in [0.15, 0.2) is 48.5 Å². The van der Waals surface area contributed by atoms with E-state index in [1.807, 2.05) is 19.1 Å². The summed E-state index contributed by atoms with van der Waals surface area (Å²) in [5.41, 5.74) is 1.89. The van der Waals surface area contributed by atoms with Gasteiger partial charge in [-0.15, -0.1) is 0 Å². The summed E-state index contributed by atoms with van der Waals surface area (Å²) in [5.74, 6) is -0.998. The number of para-hydroxylation sites is 1. The predicted molar refractivity (Wildman–Crippen MR) is 115 cm³/mol. The number of Topliss-reactive ketones (excluding diaryl/α,β-unsaturated/α-hetero) is 1. The average Bonchev–Trinajstić information content (AvgIpc) is 2.71. The molecule has 1 unspecified atom stereocenters. The third-order valence-electron chi connectivity index (χ3n) is 4.54. The highest BCUT2D eigenvalue weighted by Crippen LogP contribution is 2.22. The largest absolute Gasteiger partial charge is 0.493 e. The van der Waals surface area contributed by atoms with E-state index in [-0.39, 0.29) is 17.7 Å². The molecular weight excluding hydrogens is 382 g/mol. The Balaban J connectivity index is 1.91. The number of ether oxygens (including phenoxy) is 2. The van der Waals surface area contributed by atoms with Crippen LogP contribution in [0.4, 0.5) is 0 Å². The van der Waals surface area contributed by atoms with Crippen LogP contribution in [0.5, 0.6) is 5.75 Å². The minimum Gasteiger partial charge on any atom is -0.493 e. The number of benzene rings is 2. The molecule has 0 fully saturated rings. The van der Waals surface area contributed by atoms with Crippen LogP contribution in [0.25, 0.3) is 0 Å². The standard InChI is InChI=1S/C24H29NO5/c1-6-29-20-10-8-7-9-19(20)23(28)25-15-21(26)30-16(2)22(27)17-11-13-18(14-12-17)24(3,4)5/h7-14,16H,6,15H2,1-5H3,(H,25,28). The van der Waals surface area contributed by atoms with Gasteiger partial charge in [-0.2, -0.15) is 0 Å². The van der Waals surface area contributed by atoms with Crippen molar-refractivity contribution in [1.82, 2.24) is 5.32 Å². The molecule has 0 spiro atoms. The second-order valence-electron chi connectivity index (χ2n) is 7.94. The zero-order chi connectivity index (χ0) is 22.3. The quantitative estimate of drug-likeness (QED) is 0.526. The molecule has 2 aromatic rings. The summed E-state index contributed by atoms with van der Waals surface area (Å²) in [6, 6.07) is 14.0. The van der Waals surface area contributed by atoms with Crippen molar-refractivity contribution in [2.75, 3.05) is 13.2 Å². The molecule has 0 aromatic heterocycles. The van der Waals surface area contributed by atoms with Gasteiger partial charge in [-0.3, -0.25) is 14.4 Å². The van der Waals surface area contributed by atoms with E-state index in [1.165, 1.54) is 6.92 Å². The zero-order valence-electron chi connectivity index (χ0n) is 18.2. The van der Waals surface area contributed by atoms with Crippen molar-refractivity contribution >= 4 is 17.7 Å². The molecule has 0 bridgehead atoms. The molecule has 0 aliphatic rings. The van der Waals surface area contributed by atoms with Crippen molar-refractivity contribution in [3.63, 3.8) is 0 Å². The minimum atomic E-state index is -0.953. The molecular formula is C24H29NO5. The van der Waals surface area contributed by atoms with Crippen molar-refractivity contribution in [3.05, 3.63) is 65.2 Å². The van der Waals surface area contributed by atoms with Crippen molar-refractivity contribution in [2.45, 2.75) is 46.1 Å². The van der Waals surface area contributed by atoms with E-state index in [4.69, 9.17) is 9.47 Å². The third kappa shape index (κ3) is 6.17. The van der Waals surface area contributed by atoms with Crippen molar-refractivity contribution in [3.8, 4) is 5.75 Å². The number of carbonyl (C=O) groups excluding carboxylic acids is 3. The number of esters is 1. The molecule has 2 aromatic carbocycles.